The predicted molar refractivity (Wildman–Crippen MR) is 110 cm³/mol. The number of anilines is 1. The molecule has 0 unspecified atom stereocenters. The number of nitrogens with zero attached hydrogens (tertiary/aromatic N) is 3. The maximum atomic E-state index is 12.8. The summed E-state index contributed by atoms with van der Waals surface area (Å²) in [5, 5.41) is -0.417. The third-order valence-corrected chi connectivity index (χ3v) is 6.55. The van der Waals surface area contributed by atoms with Gasteiger partial charge in [0, 0.05) is 6.54 Å². The van der Waals surface area contributed by atoms with Gasteiger partial charge >= 0.3 is 5.69 Å². The average molecular weight is 417 g/mol. The number of aromatic nitrogens is 4. The molecule has 1 fully saturated rings. The van der Waals surface area contributed by atoms with Gasteiger partial charge in [-0.3, -0.25) is 4.57 Å². The van der Waals surface area contributed by atoms with Crippen molar-refractivity contribution >= 4 is 27.0 Å². The Hall–Kier alpha value is -2.72. The van der Waals surface area contributed by atoms with Gasteiger partial charge in [-0.15, -0.1) is 0 Å². The molecule has 1 aromatic carbocycles. The lowest BCUT2D eigenvalue weighted by molar-refractivity contribution is 0.357. The summed E-state index contributed by atoms with van der Waals surface area (Å²) in [5.74, 6) is 0.250. The van der Waals surface area contributed by atoms with E-state index in [-0.39, 0.29) is 23.5 Å². The van der Waals surface area contributed by atoms with Crippen LogP contribution in [0.5, 0.6) is 0 Å². The van der Waals surface area contributed by atoms with Crippen LogP contribution in [0, 0.1) is 5.92 Å². The number of H-pyrrole nitrogens is 1. The van der Waals surface area contributed by atoms with Crippen LogP contribution in [0.3, 0.4) is 0 Å². The number of benzene rings is 1. The van der Waals surface area contributed by atoms with Crippen molar-refractivity contribution in [3.05, 3.63) is 46.4 Å². The lowest BCUT2D eigenvalue weighted by Gasteiger charge is -2.21. The lowest BCUT2D eigenvalue weighted by Crippen LogP contribution is -2.31. The van der Waals surface area contributed by atoms with E-state index in [9.17, 15) is 13.2 Å². The molecule has 29 heavy (non-hydrogen) atoms. The second kappa shape index (κ2) is 7.96. The molecule has 1 aliphatic rings. The Morgan fingerprint density at radius 1 is 1.14 bits per heavy atom. The molecule has 2 heterocycles. The summed E-state index contributed by atoms with van der Waals surface area (Å²) in [6.07, 6.45) is 5.47. The number of nitrogens with one attached hydrogen (secondary N) is 2. The van der Waals surface area contributed by atoms with Gasteiger partial charge in [0.2, 0.25) is 0 Å². The number of fused-ring (bicyclic) bond motifs is 1. The first-order valence-electron chi connectivity index (χ1n) is 9.73. The standard InChI is InChI=1S/C19H24N6O3S/c20-16-15-17(25(19(26)22-15)12-14-9-5-2-6-10-14)24-18(23-16)29(27,28)21-11-13-7-3-1-4-8-13/h2,5-6,9-10,13,21H,1,3-4,7-8,11-12H2,(H,22,26)(H2,20,23,24). The zero-order valence-electron chi connectivity index (χ0n) is 16.0. The third-order valence-electron chi connectivity index (χ3n) is 5.34. The van der Waals surface area contributed by atoms with Crippen molar-refractivity contribution in [2.45, 2.75) is 43.8 Å². The molecule has 9 nitrogen and oxygen atoms in total. The Kier molecular flexibility index (Phi) is 5.37. The molecular formula is C19H24N6O3S. The number of hydrogen-bond donors (Lipinski definition) is 3. The van der Waals surface area contributed by atoms with Gasteiger partial charge in [0.1, 0.15) is 5.52 Å². The first-order chi connectivity index (χ1) is 13.9. The second-order valence-electron chi connectivity index (χ2n) is 7.45. The second-order valence-corrected chi connectivity index (χ2v) is 9.11. The highest BCUT2D eigenvalue weighted by Gasteiger charge is 2.24. The van der Waals surface area contributed by atoms with E-state index in [1.54, 1.807) is 0 Å². The van der Waals surface area contributed by atoms with E-state index in [1.165, 1.54) is 11.0 Å². The number of hydrogen-bond acceptors (Lipinski definition) is 6. The van der Waals surface area contributed by atoms with Crippen molar-refractivity contribution in [1.29, 1.82) is 0 Å². The van der Waals surface area contributed by atoms with Crippen LogP contribution in [-0.4, -0.2) is 34.5 Å². The molecule has 0 spiro atoms. The number of sulfonamides is 1. The van der Waals surface area contributed by atoms with Gasteiger partial charge in [0.25, 0.3) is 15.2 Å². The molecule has 1 aliphatic carbocycles. The van der Waals surface area contributed by atoms with Crippen LogP contribution in [0.4, 0.5) is 5.82 Å². The van der Waals surface area contributed by atoms with E-state index in [1.807, 2.05) is 30.3 Å². The molecule has 154 valence electrons. The highest BCUT2D eigenvalue weighted by atomic mass is 32.2. The molecule has 0 radical (unpaired) electrons. The molecule has 0 saturated heterocycles. The van der Waals surface area contributed by atoms with Gasteiger partial charge in [-0.05, 0) is 24.3 Å². The topological polar surface area (TPSA) is 136 Å². The van der Waals surface area contributed by atoms with Crippen LogP contribution in [0.2, 0.25) is 0 Å². The quantitative estimate of drug-likeness (QED) is 0.522. The Labute approximate surface area is 168 Å². The monoisotopic (exact) mass is 416 g/mol. The summed E-state index contributed by atoms with van der Waals surface area (Å²) in [6.45, 7) is 0.596. The highest BCUT2D eigenvalue weighted by molar-refractivity contribution is 7.89. The predicted octanol–water partition coefficient (Wildman–Crippen LogP) is 1.61. The molecular weight excluding hydrogens is 392 g/mol. The smallest absolute Gasteiger partial charge is 0.328 e. The van der Waals surface area contributed by atoms with E-state index < -0.39 is 20.9 Å². The zero-order valence-corrected chi connectivity index (χ0v) is 16.8. The molecule has 0 amide bonds. The lowest BCUT2D eigenvalue weighted by atomic mass is 9.90. The summed E-state index contributed by atoms with van der Waals surface area (Å²) >= 11 is 0. The molecule has 1 saturated carbocycles. The highest BCUT2D eigenvalue weighted by Crippen LogP contribution is 2.23. The van der Waals surface area contributed by atoms with Crippen LogP contribution in [0.1, 0.15) is 37.7 Å². The first-order valence-corrected chi connectivity index (χ1v) is 11.2. The Bertz CT molecular complexity index is 1160. The van der Waals surface area contributed by atoms with Crippen LogP contribution >= 0.6 is 0 Å². The largest absolute Gasteiger partial charge is 0.382 e. The fraction of sp³-hybridized carbons (Fsp3) is 0.421. The van der Waals surface area contributed by atoms with Gasteiger partial charge in [0.15, 0.2) is 11.5 Å². The number of nitrogen functional groups attached to an aromatic ring is 1. The van der Waals surface area contributed by atoms with Crippen molar-refractivity contribution in [3.63, 3.8) is 0 Å². The summed E-state index contributed by atoms with van der Waals surface area (Å²) < 4.78 is 29.5. The number of rotatable bonds is 6. The van der Waals surface area contributed by atoms with Crippen molar-refractivity contribution in [2.75, 3.05) is 12.3 Å². The number of nitrogens with two attached hydrogens (primary N) is 1. The van der Waals surface area contributed by atoms with E-state index in [4.69, 9.17) is 5.73 Å². The minimum Gasteiger partial charge on any atom is -0.382 e. The van der Waals surface area contributed by atoms with Gasteiger partial charge in [0.05, 0.1) is 6.54 Å². The first kappa shape index (κ1) is 19.6. The Morgan fingerprint density at radius 2 is 1.86 bits per heavy atom. The molecule has 3 aromatic rings. The normalized spacial score (nSPS) is 15.7. The van der Waals surface area contributed by atoms with Crippen LogP contribution in [-0.2, 0) is 16.6 Å². The molecule has 0 bridgehead atoms. The number of aromatic amines is 1. The van der Waals surface area contributed by atoms with Crippen LogP contribution in [0.25, 0.3) is 11.2 Å². The molecule has 0 aliphatic heterocycles. The van der Waals surface area contributed by atoms with Gasteiger partial charge in [-0.1, -0.05) is 49.6 Å². The van der Waals surface area contributed by atoms with Crippen molar-refractivity contribution < 1.29 is 8.42 Å². The SMILES string of the molecule is Nc1nc(S(=O)(=O)NCC2CCCCC2)nc2c1[nH]c(=O)n2Cc1ccccc1. The summed E-state index contributed by atoms with van der Waals surface area (Å²) in [7, 11) is -3.94. The van der Waals surface area contributed by atoms with Crippen LogP contribution in [0.15, 0.2) is 40.3 Å². The zero-order chi connectivity index (χ0) is 20.4. The Balaban J connectivity index is 1.66. The van der Waals surface area contributed by atoms with Crippen molar-refractivity contribution in [2.24, 2.45) is 5.92 Å². The Morgan fingerprint density at radius 3 is 2.59 bits per heavy atom. The number of imidazole rings is 1. The van der Waals surface area contributed by atoms with Crippen molar-refractivity contribution in [3.8, 4) is 0 Å². The maximum Gasteiger partial charge on any atom is 0.328 e. The minimum absolute atomic E-state index is 0.0723. The van der Waals surface area contributed by atoms with E-state index in [0.717, 1.165) is 31.2 Å². The van der Waals surface area contributed by atoms with E-state index >= 15 is 0 Å². The minimum atomic E-state index is -3.94. The summed E-state index contributed by atoms with van der Waals surface area (Å²) in [4.78, 5) is 23.1. The summed E-state index contributed by atoms with van der Waals surface area (Å²) in [5.41, 5.74) is 6.81. The van der Waals surface area contributed by atoms with E-state index in [0.29, 0.717) is 12.5 Å². The summed E-state index contributed by atoms with van der Waals surface area (Å²) in [6, 6.07) is 9.36. The molecule has 10 heteroatoms. The van der Waals surface area contributed by atoms with Gasteiger partial charge in [-0.25, -0.2) is 17.9 Å². The molecule has 0 atom stereocenters. The average Bonchev–Trinajstić information content (AvgIpc) is 3.04. The molecule has 2 aromatic heterocycles. The van der Waals surface area contributed by atoms with Gasteiger partial charge < -0.3 is 10.7 Å². The molecule has 4 N–H and O–H groups in total. The molecule has 4 rings (SSSR count). The van der Waals surface area contributed by atoms with Gasteiger partial charge in [-0.2, -0.15) is 9.97 Å². The third kappa shape index (κ3) is 4.18. The van der Waals surface area contributed by atoms with Crippen LogP contribution < -0.4 is 16.1 Å². The fourth-order valence-electron chi connectivity index (χ4n) is 3.75. The fourth-order valence-corrected chi connectivity index (χ4v) is 4.76. The maximum absolute atomic E-state index is 12.8. The van der Waals surface area contributed by atoms with Crippen molar-refractivity contribution in [1.82, 2.24) is 24.2 Å². The van der Waals surface area contributed by atoms with E-state index in [2.05, 4.69) is 19.7 Å².